The van der Waals surface area contributed by atoms with Crippen molar-refractivity contribution in [1.82, 2.24) is 9.88 Å². The molecule has 1 aliphatic carbocycles. The number of rotatable bonds is 2. The molecule has 1 aliphatic heterocycles. The van der Waals surface area contributed by atoms with E-state index in [2.05, 4.69) is 4.98 Å². The summed E-state index contributed by atoms with van der Waals surface area (Å²) in [7, 11) is 0. The maximum absolute atomic E-state index is 12.8. The molecule has 116 valence electrons. The number of hydrogen-bond acceptors (Lipinski definition) is 5. The van der Waals surface area contributed by atoms with Gasteiger partial charge in [-0.1, -0.05) is 0 Å². The molecule has 2 aliphatic rings. The van der Waals surface area contributed by atoms with Crippen LogP contribution in [0.5, 0.6) is 0 Å². The second-order valence-electron chi connectivity index (χ2n) is 5.85. The van der Waals surface area contributed by atoms with Crippen LogP contribution in [-0.2, 0) is 4.74 Å². The largest absolute Gasteiger partial charge is 0.459 e. The summed E-state index contributed by atoms with van der Waals surface area (Å²) in [5.41, 5.74) is 0.515. The van der Waals surface area contributed by atoms with Gasteiger partial charge in [-0.2, -0.15) is 0 Å². The van der Waals surface area contributed by atoms with Crippen molar-refractivity contribution >= 4 is 17.2 Å². The van der Waals surface area contributed by atoms with E-state index in [0.29, 0.717) is 18.8 Å². The molecular formula is C16H18N2O3S. The van der Waals surface area contributed by atoms with Gasteiger partial charge in [0.2, 0.25) is 0 Å². The van der Waals surface area contributed by atoms with Crippen LogP contribution in [0.3, 0.4) is 0 Å². The molecule has 0 bridgehead atoms. The summed E-state index contributed by atoms with van der Waals surface area (Å²) in [6.45, 7) is 3.19. The fourth-order valence-electron chi connectivity index (χ4n) is 3.36. The first kappa shape index (κ1) is 14.0. The first-order valence-electron chi connectivity index (χ1n) is 7.67. The van der Waals surface area contributed by atoms with E-state index in [0.717, 1.165) is 35.8 Å². The van der Waals surface area contributed by atoms with Crippen molar-refractivity contribution in [2.24, 2.45) is 0 Å². The summed E-state index contributed by atoms with van der Waals surface area (Å²) < 4.78 is 11.3. The molecule has 1 saturated carbocycles. The first-order valence-corrected chi connectivity index (χ1v) is 8.55. The van der Waals surface area contributed by atoms with Crippen molar-refractivity contribution in [2.45, 2.75) is 38.3 Å². The lowest BCUT2D eigenvalue weighted by atomic mass is 10.1. The Morgan fingerprint density at radius 3 is 3.14 bits per heavy atom. The number of hydrogen-bond donors (Lipinski definition) is 0. The van der Waals surface area contributed by atoms with Crippen LogP contribution in [0.25, 0.3) is 10.8 Å². The number of ether oxygens (including phenoxy) is 1. The molecule has 5 nitrogen and oxygen atoms in total. The lowest BCUT2D eigenvalue weighted by molar-refractivity contribution is -0.0447. The minimum absolute atomic E-state index is 0.0194. The molecule has 0 radical (unpaired) electrons. The molecule has 1 saturated heterocycles. The van der Waals surface area contributed by atoms with Crippen LogP contribution < -0.4 is 0 Å². The van der Waals surface area contributed by atoms with Gasteiger partial charge in [0.15, 0.2) is 10.8 Å². The highest BCUT2D eigenvalue weighted by Crippen LogP contribution is 2.32. The van der Waals surface area contributed by atoms with Crippen LogP contribution >= 0.6 is 11.3 Å². The Hall–Kier alpha value is -1.66. The third-order valence-electron chi connectivity index (χ3n) is 4.42. The Bertz CT molecular complexity index is 693. The molecule has 1 amide bonds. The monoisotopic (exact) mass is 318 g/mol. The number of furan rings is 1. The van der Waals surface area contributed by atoms with Crippen molar-refractivity contribution in [1.29, 1.82) is 0 Å². The molecule has 22 heavy (non-hydrogen) atoms. The number of carbonyl (C=O) groups is 1. The molecule has 6 heteroatoms. The van der Waals surface area contributed by atoms with Gasteiger partial charge in [-0.25, -0.2) is 4.98 Å². The van der Waals surface area contributed by atoms with Gasteiger partial charge in [0.05, 0.1) is 18.8 Å². The van der Waals surface area contributed by atoms with E-state index in [1.54, 1.807) is 0 Å². The van der Waals surface area contributed by atoms with Gasteiger partial charge >= 0.3 is 0 Å². The number of fused-ring (bicyclic) bond motifs is 1. The Morgan fingerprint density at radius 1 is 1.41 bits per heavy atom. The molecule has 0 N–H and O–H groups in total. The van der Waals surface area contributed by atoms with E-state index in [9.17, 15) is 4.79 Å². The van der Waals surface area contributed by atoms with Crippen LogP contribution in [0, 0.1) is 6.92 Å². The molecule has 2 fully saturated rings. The van der Waals surface area contributed by atoms with Gasteiger partial charge < -0.3 is 14.1 Å². The summed E-state index contributed by atoms with van der Waals surface area (Å²) in [4.78, 5) is 19.2. The number of aromatic nitrogens is 1. The van der Waals surface area contributed by atoms with Gasteiger partial charge in [-0.15, -0.1) is 11.3 Å². The average Bonchev–Trinajstić information content (AvgIpc) is 3.25. The molecule has 0 spiro atoms. The van der Waals surface area contributed by atoms with Crippen LogP contribution in [0.2, 0.25) is 0 Å². The van der Waals surface area contributed by atoms with Crippen molar-refractivity contribution in [3.8, 4) is 10.8 Å². The van der Waals surface area contributed by atoms with Crippen LogP contribution in [0.1, 0.15) is 35.5 Å². The third kappa shape index (κ3) is 2.36. The molecule has 4 rings (SSSR count). The Labute approximate surface area is 132 Å². The van der Waals surface area contributed by atoms with E-state index in [-0.39, 0.29) is 18.1 Å². The second-order valence-corrected chi connectivity index (χ2v) is 6.71. The predicted octanol–water partition coefficient (Wildman–Crippen LogP) is 3.11. The third-order valence-corrected chi connectivity index (χ3v) is 5.27. The summed E-state index contributed by atoms with van der Waals surface area (Å²) in [5.74, 6) is 1.59. The smallest absolute Gasteiger partial charge is 0.273 e. The molecule has 0 unspecified atom stereocenters. The van der Waals surface area contributed by atoms with Crippen molar-refractivity contribution < 1.29 is 13.9 Å². The fourth-order valence-corrected chi connectivity index (χ4v) is 4.11. The molecule has 2 aromatic heterocycles. The molecule has 3 heterocycles. The summed E-state index contributed by atoms with van der Waals surface area (Å²) in [6, 6.07) is 4.02. The van der Waals surface area contributed by atoms with E-state index in [4.69, 9.17) is 9.15 Å². The summed E-state index contributed by atoms with van der Waals surface area (Å²) >= 11 is 1.45. The zero-order chi connectivity index (χ0) is 15.1. The zero-order valence-electron chi connectivity index (χ0n) is 12.4. The van der Waals surface area contributed by atoms with Crippen molar-refractivity contribution in [3.63, 3.8) is 0 Å². The predicted molar refractivity (Wildman–Crippen MR) is 83.0 cm³/mol. The molecule has 0 aromatic carbocycles. The number of morpholine rings is 1. The average molecular weight is 318 g/mol. The standard InChI is InChI=1S/C16H18N2O3S/c1-10-5-6-14(21-10)15-17-11(9-22-15)16(19)18-7-8-20-13-4-2-3-12(13)18/h5-6,9,12-13H,2-4,7-8H2,1H3/t12-,13+/m1/s1. The Morgan fingerprint density at radius 2 is 2.32 bits per heavy atom. The topological polar surface area (TPSA) is 55.6 Å². The number of nitrogens with zero attached hydrogens (tertiary/aromatic N) is 2. The SMILES string of the molecule is Cc1ccc(-c2nc(C(=O)N3CCO[C@H]4CCC[C@H]43)cs2)o1. The Balaban J connectivity index is 1.56. The van der Waals surface area contributed by atoms with E-state index in [1.807, 2.05) is 29.3 Å². The maximum Gasteiger partial charge on any atom is 0.273 e. The maximum atomic E-state index is 12.8. The number of aryl methyl sites for hydroxylation is 1. The van der Waals surface area contributed by atoms with Gasteiger partial charge in [0.1, 0.15) is 11.5 Å². The number of carbonyl (C=O) groups excluding carboxylic acids is 1. The minimum Gasteiger partial charge on any atom is -0.459 e. The number of amides is 1. The molecule has 2 aromatic rings. The zero-order valence-corrected chi connectivity index (χ0v) is 13.3. The van der Waals surface area contributed by atoms with E-state index < -0.39 is 0 Å². The van der Waals surface area contributed by atoms with Gasteiger partial charge in [0, 0.05) is 11.9 Å². The first-order chi connectivity index (χ1) is 10.7. The summed E-state index contributed by atoms with van der Waals surface area (Å²) in [5, 5.41) is 2.59. The quantitative estimate of drug-likeness (QED) is 0.854. The fraction of sp³-hybridized carbons (Fsp3) is 0.500. The van der Waals surface area contributed by atoms with Gasteiger partial charge in [0.25, 0.3) is 5.91 Å². The van der Waals surface area contributed by atoms with E-state index >= 15 is 0 Å². The highest BCUT2D eigenvalue weighted by atomic mass is 32.1. The number of thiazole rings is 1. The van der Waals surface area contributed by atoms with Crippen LogP contribution in [0.15, 0.2) is 21.9 Å². The van der Waals surface area contributed by atoms with E-state index in [1.165, 1.54) is 11.3 Å². The van der Waals surface area contributed by atoms with Crippen molar-refractivity contribution in [2.75, 3.05) is 13.2 Å². The molecular weight excluding hydrogens is 300 g/mol. The summed E-state index contributed by atoms with van der Waals surface area (Å²) in [6.07, 6.45) is 3.43. The highest BCUT2D eigenvalue weighted by Gasteiger charge is 2.39. The van der Waals surface area contributed by atoms with Gasteiger partial charge in [-0.05, 0) is 38.3 Å². The Kier molecular flexibility index (Phi) is 3.50. The minimum atomic E-state index is 0.0194. The highest BCUT2D eigenvalue weighted by molar-refractivity contribution is 7.13. The molecule has 2 atom stereocenters. The lowest BCUT2D eigenvalue weighted by Crippen LogP contribution is -2.51. The second kappa shape index (κ2) is 5.52. The normalized spacial score (nSPS) is 24.5. The van der Waals surface area contributed by atoms with Gasteiger partial charge in [-0.3, -0.25) is 4.79 Å². The lowest BCUT2D eigenvalue weighted by Gasteiger charge is -2.37. The van der Waals surface area contributed by atoms with Crippen LogP contribution in [-0.4, -0.2) is 41.1 Å². The van der Waals surface area contributed by atoms with Crippen molar-refractivity contribution in [3.05, 3.63) is 29.0 Å². The van der Waals surface area contributed by atoms with Crippen LogP contribution in [0.4, 0.5) is 0 Å².